The summed E-state index contributed by atoms with van der Waals surface area (Å²) in [4.78, 5) is 13.6. The van der Waals surface area contributed by atoms with Crippen LogP contribution in [0.15, 0.2) is 70.4 Å². The molecule has 158 valence electrons. The zero-order valence-electron chi connectivity index (χ0n) is 17.4. The van der Waals surface area contributed by atoms with Crippen LogP contribution in [0.25, 0.3) is 11.1 Å². The number of carbonyl (C=O) groups excluding carboxylic acids is 1. The molecule has 30 heavy (non-hydrogen) atoms. The molecular formula is C23H25NO5S. The van der Waals surface area contributed by atoms with Gasteiger partial charge in [-0.05, 0) is 45.0 Å². The quantitative estimate of drug-likeness (QED) is 0.485. The molecule has 0 fully saturated rings. The van der Waals surface area contributed by atoms with Crippen molar-refractivity contribution in [1.29, 1.82) is 0 Å². The molecule has 0 aliphatic rings. The van der Waals surface area contributed by atoms with E-state index in [2.05, 4.69) is 0 Å². The van der Waals surface area contributed by atoms with Crippen molar-refractivity contribution in [2.45, 2.75) is 31.3 Å². The Kier molecular flexibility index (Phi) is 6.05. The van der Waals surface area contributed by atoms with Gasteiger partial charge in [-0.2, -0.15) is 0 Å². The second-order valence-corrected chi connectivity index (χ2v) is 9.71. The van der Waals surface area contributed by atoms with Crippen LogP contribution in [0, 0.1) is 0 Å². The number of carbonyl (C=O) groups is 1. The average molecular weight is 428 g/mol. The van der Waals surface area contributed by atoms with Crippen LogP contribution in [0.1, 0.15) is 36.7 Å². The molecule has 1 aromatic heterocycles. The fraction of sp³-hybridized carbons (Fsp3) is 0.217. The SMILES string of the molecule is COc1c(-c2ccoc2)ccc(C=S(N)(=O)c2ccccc2)c1C(=O)OC(C)(C)C. The summed E-state index contributed by atoms with van der Waals surface area (Å²) in [6.07, 6.45) is 3.08. The highest BCUT2D eigenvalue weighted by molar-refractivity contribution is 7.99. The molecule has 0 amide bonds. The summed E-state index contributed by atoms with van der Waals surface area (Å²) in [5.41, 5.74) is 1.17. The van der Waals surface area contributed by atoms with Gasteiger partial charge >= 0.3 is 5.97 Å². The molecule has 0 saturated carbocycles. The van der Waals surface area contributed by atoms with Gasteiger partial charge in [-0.1, -0.05) is 24.3 Å². The van der Waals surface area contributed by atoms with E-state index < -0.39 is 21.3 Å². The van der Waals surface area contributed by atoms with Gasteiger partial charge in [0.25, 0.3) is 0 Å². The third kappa shape index (κ3) is 4.75. The molecule has 0 saturated heterocycles. The van der Waals surface area contributed by atoms with Crippen molar-refractivity contribution in [2.24, 2.45) is 5.14 Å². The first-order valence-electron chi connectivity index (χ1n) is 9.31. The Morgan fingerprint density at radius 3 is 2.37 bits per heavy atom. The van der Waals surface area contributed by atoms with Crippen LogP contribution in [0.3, 0.4) is 0 Å². The molecule has 0 radical (unpaired) electrons. The molecule has 6 nitrogen and oxygen atoms in total. The lowest BCUT2D eigenvalue weighted by Gasteiger charge is -2.22. The maximum absolute atomic E-state index is 13.2. The number of nitrogens with two attached hydrogens (primary N) is 1. The van der Waals surface area contributed by atoms with Crippen molar-refractivity contribution < 1.29 is 22.9 Å². The standard InChI is InChI=1S/C23H25NO5S/c1-23(2,3)29-22(25)20-17(15-30(24,26)18-8-6-5-7-9-18)10-11-19(21(20)27-4)16-12-13-28-14-16/h5-15H,1-4H3,(H2,24,26). The highest BCUT2D eigenvalue weighted by Gasteiger charge is 2.27. The largest absolute Gasteiger partial charge is 0.495 e. The van der Waals surface area contributed by atoms with Crippen molar-refractivity contribution in [3.8, 4) is 16.9 Å². The molecular weight excluding hydrogens is 402 g/mol. The second-order valence-electron chi connectivity index (χ2n) is 7.70. The lowest BCUT2D eigenvalue weighted by atomic mass is 9.99. The first-order chi connectivity index (χ1) is 14.1. The van der Waals surface area contributed by atoms with Gasteiger partial charge in [-0.15, -0.1) is 0 Å². The number of methoxy groups -OCH3 is 1. The molecule has 0 aliphatic heterocycles. The molecule has 0 spiro atoms. The Hall–Kier alpha value is -3.03. The molecule has 2 aromatic carbocycles. The van der Waals surface area contributed by atoms with Gasteiger partial charge in [0.15, 0.2) is 0 Å². The van der Waals surface area contributed by atoms with Crippen molar-refractivity contribution in [2.75, 3.05) is 7.11 Å². The van der Waals surface area contributed by atoms with E-state index in [0.717, 1.165) is 5.56 Å². The minimum atomic E-state index is -3.06. The summed E-state index contributed by atoms with van der Waals surface area (Å²) < 4.78 is 29.6. The summed E-state index contributed by atoms with van der Waals surface area (Å²) in [6.45, 7) is 5.32. The zero-order chi connectivity index (χ0) is 21.9. The number of furan rings is 1. The van der Waals surface area contributed by atoms with E-state index in [9.17, 15) is 9.00 Å². The Morgan fingerprint density at radius 1 is 1.10 bits per heavy atom. The zero-order valence-corrected chi connectivity index (χ0v) is 18.2. The van der Waals surface area contributed by atoms with Crippen molar-refractivity contribution in [3.05, 3.63) is 72.2 Å². The van der Waals surface area contributed by atoms with Crippen LogP contribution in [-0.4, -0.2) is 28.3 Å². The third-order valence-electron chi connectivity index (χ3n) is 4.24. The summed E-state index contributed by atoms with van der Waals surface area (Å²) in [6, 6.07) is 13.9. The molecule has 0 bridgehead atoms. The molecule has 7 heteroatoms. The number of ether oxygens (including phenoxy) is 2. The second kappa shape index (κ2) is 8.38. The van der Waals surface area contributed by atoms with Crippen LogP contribution in [0.2, 0.25) is 0 Å². The molecule has 1 heterocycles. The molecule has 3 rings (SSSR count). The number of rotatable bonds is 5. The highest BCUT2D eigenvalue weighted by atomic mass is 32.2. The molecule has 1 atom stereocenters. The van der Waals surface area contributed by atoms with Crippen LogP contribution >= 0.6 is 0 Å². The number of hydrogen-bond donors (Lipinski definition) is 1. The molecule has 3 aromatic rings. The predicted octanol–water partition coefficient (Wildman–Crippen LogP) is 4.28. The maximum Gasteiger partial charge on any atom is 0.343 e. The summed E-state index contributed by atoms with van der Waals surface area (Å²) in [5, 5.41) is 7.55. The van der Waals surface area contributed by atoms with Gasteiger partial charge in [0, 0.05) is 27.0 Å². The Bertz CT molecular complexity index is 1150. The Morgan fingerprint density at radius 2 is 1.80 bits per heavy atom. The van der Waals surface area contributed by atoms with Gasteiger partial charge < -0.3 is 13.9 Å². The first kappa shape index (κ1) is 21.7. The van der Waals surface area contributed by atoms with Crippen LogP contribution in [-0.2, 0) is 14.4 Å². The molecule has 0 aliphatic carbocycles. The number of esters is 1. The van der Waals surface area contributed by atoms with E-state index in [4.69, 9.17) is 19.0 Å². The number of benzene rings is 2. The predicted molar refractivity (Wildman–Crippen MR) is 118 cm³/mol. The van der Waals surface area contributed by atoms with Gasteiger partial charge in [-0.3, -0.25) is 5.14 Å². The maximum atomic E-state index is 13.2. The minimum absolute atomic E-state index is 0.153. The van der Waals surface area contributed by atoms with E-state index in [1.54, 1.807) is 69.5 Å². The van der Waals surface area contributed by atoms with Gasteiger partial charge in [0.05, 0.1) is 29.3 Å². The fourth-order valence-corrected chi connectivity index (χ4v) is 4.27. The van der Waals surface area contributed by atoms with Crippen LogP contribution < -0.4 is 9.88 Å². The molecule has 2 N–H and O–H groups in total. The van der Waals surface area contributed by atoms with Gasteiger partial charge in [-0.25, -0.2) is 9.00 Å². The monoisotopic (exact) mass is 427 g/mol. The Labute approximate surface area is 176 Å². The normalized spacial score (nSPS) is 13.4. The minimum Gasteiger partial charge on any atom is -0.495 e. The van der Waals surface area contributed by atoms with Crippen LogP contribution in [0.5, 0.6) is 5.75 Å². The Balaban J connectivity index is 2.26. The van der Waals surface area contributed by atoms with E-state index in [-0.39, 0.29) is 5.56 Å². The van der Waals surface area contributed by atoms with Gasteiger partial charge in [0.1, 0.15) is 16.9 Å². The smallest absolute Gasteiger partial charge is 0.343 e. The van der Waals surface area contributed by atoms with E-state index in [0.29, 0.717) is 21.8 Å². The number of hydrogen-bond acceptors (Lipinski definition) is 5. The lowest BCUT2D eigenvalue weighted by Crippen LogP contribution is -2.26. The highest BCUT2D eigenvalue weighted by Crippen LogP contribution is 2.36. The summed E-state index contributed by atoms with van der Waals surface area (Å²) in [5.74, 6) is -0.304. The van der Waals surface area contributed by atoms with Gasteiger partial charge in [0.2, 0.25) is 0 Å². The first-order valence-corrected chi connectivity index (χ1v) is 11.0. The fourth-order valence-electron chi connectivity index (χ4n) is 2.98. The van der Waals surface area contributed by atoms with Crippen molar-refractivity contribution >= 4 is 21.0 Å². The lowest BCUT2D eigenvalue weighted by molar-refractivity contribution is 0.00665. The van der Waals surface area contributed by atoms with Crippen molar-refractivity contribution in [1.82, 2.24) is 0 Å². The topological polar surface area (TPSA) is 91.8 Å². The van der Waals surface area contributed by atoms with E-state index in [1.807, 2.05) is 6.07 Å². The molecule has 1 unspecified atom stereocenters. The third-order valence-corrected chi connectivity index (χ3v) is 5.86. The van der Waals surface area contributed by atoms with Crippen molar-refractivity contribution in [3.63, 3.8) is 0 Å². The summed E-state index contributed by atoms with van der Waals surface area (Å²) >= 11 is 0. The summed E-state index contributed by atoms with van der Waals surface area (Å²) in [7, 11) is -1.60. The van der Waals surface area contributed by atoms with E-state index in [1.165, 1.54) is 18.7 Å². The van der Waals surface area contributed by atoms with Crippen LogP contribution in [0.4, 0.5) is 0 Å². The average Bonchev–Trinajstić information content (AvgIpc) is 3.21. The van der Waals surface area contributed by atoms with E-state index >= 15 is 0 Å².